The van der Waals surface area contributed by atoms with Gasteiger partial charge >= 0.3 is 0 Å². The third-order valence-corrected chi connectivity index (χ3v) is 3.91. The van der Waals surface area contributed by atoms with Gasteiger partial charge in [-0.25, -0.2) is 0 Å². The molecular weight excluding hydrogens is 222 g/mol. The smallest absolute Gasteiger partial charge is 0.237 e. The SMILES string of the molecule is CC(=O)N1CCCC12CN([C@@H](CO)C(N)=O)C2. The molecule has 0 aromatic heterocycles. The van der Waals surface area contributed by atoms with E-state index in [1.165, 1.54) is 0 Å². The summed E-state index contributed by atoms with van der Waals surface area (Å²) >= 11 is 0. The minimum atomic E-state index is -0.616. The highest BCUT2D eigenvalue weighted by Crippen LogP contribution is 2.38. The first-order valence-corrected chi connectivity index (χ1v) is 5.92. The Kier molecular flexibility index (Phi) is 3.09. The van der Waals surface area contributed by atoms with Crippen LogP contribution in [0.2, 0.25) is 0 Å². The van der Waals surface area contributed by atoms with Crippen molar-refractivity contribution in [3.05, 3.63) is 0 Å². The number of nitrogens with zero attached hydrogens (tertiary/aromatic N) is 2. The fourth-order valence-corrected chi connectivity index (χ4v) is 3.07. The number of nitrogens with two attached hydrogens (primary N) is 1. The molecule has 1 spiro atoms. The summed E-state index contributed by atoms with van der Waals surface area (Å²) in [7, 11) is 0. The average Bonchev–Trinajstić information content (AvgIpc) is 2.61. The van der Waals surface area contributed by atoms with Crippen LogP contribution < -0.4 is 5.73 Å². The fourth-order valence-electron chi connectivity index (χ4n) is 3.07. The van der Waals surface area contributed by atoms with E-state index in [0.717, 1.165) is 19.4 Å². The molecule has 2 saturated heterocycles. The van der Waals surface area contributed by atoms with Gasteiger partial charge in [-0.2, -0.15) is 0 Å². The molecule has 1 atom stereocenters. The van der Waals surface area contributed by atoms with Gasteiger partial charge in [0.05, 0.1) is 12.1 Å². The Hall–Kier alpha value is -1.14. The largest absolute Gasteiger partial charge is 0.394 e. The van der Waals surface area contributed by atoms with Crippen molar-refractivity contribution >= 4 is 11.8 Å². The van der Waals surface area contributed by atoms with E-state index in [1.54, 1.807) is 6.92 Å². The maximum Gasteiger partial charge on any atom is 0.237 e. The van der Waals surface area contributed by atoms with Gasteiger partial charge < -0.3 is 15.7 Å². The van der Waals surface area contributed by atoms with E-state index in [-0.39, 0.29) is 18.1 Å². The Morgan fingerprint density at radius 1 is 1.47 bits per heavy atom. The van der Waals surface area contributed by atoms with E-state index in [0.29, 0.717) is 13.1 Å². The highest BCUT2D eigenvalue weighted by molar-refractivity contribution is 5.80. The number of aliphatic hydroxyl groups excluding tert-OH is 1. The van der Waals surface area contributed by atoms with Crippen molar-refractivity contribution in [3.63, 3.8) is 0 Å². The van der Waals surface area contributed by atoms with E-state index in [4.69, 9.17) is 10.8 Å². The lowest BCUT2D eigenvalue weighted by Crippen LogP contribution is -2.72. The van der Waals surface area contributed by atoms with Gasteiger partial charge in [0.1, 0.15) is 6.04 Å². The predicted octanol–water partition coefficient (Wildman–Crippen LogP) is -1.47. The van der Waals surface area contributed by atoms with Crippen molar-refractivity contribution in [2.75, 3.05) is 26.2 Å². The van der Waals surface area contributed by atoms with E-state index in [9.17, 15) is 9.59 Å². The first-order chi connectivity index (χ1) is 8.00. The summed E-state index contributed by atoms with van der Waals surface area (Å²) in [4.78, 5) is 26.4. The zero-order chi connectivity index (χ0) is 12.6. The minimum absolute atomic E-state index is 0.0850. The van der Waals surface area contributed by atoms with Gasteiger partial charge in [-0.05, 0) is 12.8 Å². The summed E-state index contributed by atoms with van der Waals surface area (Å²) < 4.78 is 0. The summed E-state index contributed by atoms with van der Waals surface area (Å²) in [6, 6.07) is -0.616. The van der Waals surface area contributed by atoms with Crippen LogP contribution in [0.5, 0.6) is 0 Å². The Balaban J connectivity index is 2.01. The summed E-state index contributed by atoms with van der Waals surface area (Å²) in [6.07, 6.45) is 1.98. The van der Waals surface area contributed by atoms with Gasteiger partial charge in [-0.3, -0.25) is 14.5 Å². The molecule has 0 aromatic rings. The molecule has 0 aliphatic carbocycles. The quantitative estimate of drug-likeness (QED) is 0.631. The van der Waals surface area contributed by atoms with E-state index in [2.05, 4.69) is 0 Å². The lowest BCUT2D eigenvalue weighted by Gasteiger charge is -2.54. The molecule has 2 heterocycles. The molecule has 0 saturated carbocycles. The molecule has 0 aromatic carbocycles. The van der Waals surface area contributed by atoms with E-state index >= 15 is 0 Å². The summed E-state index contributed by atoms with van der Waals surface area (Å²) in [6.45, 7) is 3.39. The summed E-state index contributed by atoms with van der Waals surface area (Å²) in [5.41, 5.74) is 5.10. The van der Waals surface area contributed by atoms with Crippen molar-refractivity contribution in [1.29, 1.82) is 0 Å². The third-order valence-electron chi connectivity index (χ3n) is 3.91. The van der Waals surface area contributed by atoms with Gasteiger partial charge in [0.25, 0.3) is 0 Å². The van der Waals surface area contributed by atoms with Crippen molar-refractivity contribution in [3.8, 4) is 0 Å². The number of rotatable bonds is 3. The molecule has 2 rings (SSSR count). The number of primary amides is 1. The number of hydrogen-bond donors (Lipinski definition) is 2. The van der Waals surface area contributed by atoms with Gasteiger partial charge in [0.15, 0.2) is 0 Å². The Bertz CT molecular complexity index is 339. The monoisotopic (exact) mass is 241 g/mol. The van der Waals surface area contributed by atoms with Crippen LogP contribution in [0.1, 0.15) is 19.8 Å². The van der Waals surface area contributed by atoms with Crippen molar-refractivity contribution < 1.29 is 14.7 Å². The molecule has 2 fully saturated rings. The second kappa shape index (κ2) is 4.27. The second-order valence-electron chi connectivity index (χ2n) is 5.00. The second-order valence-corrected chi connectivity index (χ2v) is 5.00. The van der Waals surface area contributed by atoms with Crippen LogP contribution in [-0.2, 0) is 9.59 Å². The number of aliphatic hydroxyl groups is 1. The zero-order valence-electron chi connectivity index (χ0n) is 10.1. The molecule has 6 nitrogen and oxygen atoms in total. The summed E-state index contributed by atoms with van der Waals surface area (Å²) in [5, 5.41) is 9.12. The molecule has 2 aliphatic rings. The van der Waals surface area contributed by atoms with Crippen LogP contribution in [0.3, 0.4) is 0 Å². The van der Waals surface area contributed by atoms with E-state index < -0.39 is 11.9 Å². The maximum absolute atomic E-state index is 11.5. The first-order valence-electron chi connectivity index (χ1n) is 5.92. The Morgan fingerprint density at radius 2 is 2.12 bits per heavy atom. The summed E-state index contributed by atoms with van der Waals surface area (Å²) in [5.74, 6) is -0.420. The molecule has 0 unspecified atom stereocenters. The molecular formula is C11H19N3O3. The number of likely N-dealkylation sites (tertiary alicyclic amines) is 2. The Labute approximate surface area is 100 Å². The zero-order valence-corrected chi connectivity index (χ0v) is 10.1. The number of carbonyl (C=O) groups is 2. The molecule has 2 amide bonds. The van der Waals surface area contributed by atoms with Crippen LogP contribution >= 0.6 is 0 Å². The van der Waals surface area contributed by atoms with Gasteiger partial charge in [0.2, 0.25) is 11.8 Å². The number of hydrogen-bond acceptors (Lipinski definition) is 4. The van der Waals surface area contributed by atoms with Crippen molar-refractivity contribution in [1.82, 2.24) is 9.80 Å². The maximum atomic E-state index is 11.5. The topological polar surface area (TPSA) is 86.9 Å². The molecule has 0 bridgehead atoms. The average molecular weight is 241 g/mol. The van der Waals surface area contributed by atoms with Crippen LogP contribution in [0.4, 0.5) is 0 Å². The van der Waals surface area contributed by atoms with Gasteiger partial charge in [-0.15, -0.1) is 0 Å². The first kappa shape index (κ1) is 12.3. The molecule has 17 heavy (non-hydrogen) atoms. The molecule has 2 aliphatic heterocycles. The normalized spacial score (nSPS) is 24.7. The van der Waals surface area contributed by atoms with Crippen LogP contribution in [-0.4, -0.2) is 64.5 Å². The molecule has 6 heteroatoms. The fraction of sp³-hybridized carbons (Fsp3) is 0.818. The minimum Gasteiger partial charge on any atom is -0.394 e. The molecule has 96 valence electrons. The highest BCUT2D eigenvalue weighted by atomic mass is 16.3. The van der Waals surface area contributed by atoms with Crippen molar-refractivity contribution in [2.24, 2.45) is 5.73 Å². The Morgan fingerprint density at radius 3 is 2.59 bits per heavy atom. The van der Waals surface area contributed by atoms with Gasteiger partial charge in [0, 0.05) is 26.6 Å². The predicted molar refractivity (Wildman–Crippen MR) is 61.0 cm³/mol. The number of amides is 2. The van der Waals surface area contributed by atoms with Crippen LogP contribution in [0, 0.1) is 0 Å². The molecule has 0 radical (unpaired) electrons. The van der Waals surface area contributed by atoms with Crippen molar-refractivity contribution in [2.45, 2.75) is 31.3 Å². The number of carbonyl (C=O) groups excluding carboxylic acids is 2. The van der Waals surface area contributed by atoms with E-state index in [1.807, 2.05) is 9.80 Å². The standard InChI is InChI=1S/C11H19N3O3/c1-8(16)14-4-2-3-11(14)6-13(7-11)9(5-15)10(12)17/h9,15H,2-7H2,1H3,(H2,12,17)/t9-/m0/s1. The van der Waals surface area contributed by atoms with Gasteiger partial charge in [-0.1, -0.05) is 0 Å². The molecule has 3 N–H and O–H groups in total. The van der Waals surface area contributed by atoms with Crippen LogP contribution in [0.25, 0.3) is 0 Å². The lowest BCUT2D eigenvalue weighted by atomic mass is 9.85. The highest BCUT2D eigenvalue weighted by Gasteiger charge is 2.53. The van der Waals surface area contributed by atoms with Crippen LogP contribution in [0.15, 0.2) is 0 Å². The third kappa shape index (κ3) is 1.91. The lowest BCUT2D eigenvalue weighted by molar-refractivity contribution is -0.145.